The Kier molecular flexibility index (Phi) is 4.30. The first-order valence-electron chi connectivity index (χ1n) is 8.96. The molecule has 0 saturated carbocycles. The van der Waals surface area contributed by atoms with E-state index in [-0.39, 0.29) is 23.3 Å². The van der Waals surface area contributed by atoms with E-state index in [9.17, 15) is 14.0 Å². The van der Waals surface area contributed by atoms with Gasteiger partial charge >= 0.3 is 5.69 Å². The molecule has 1 aromatic carbocycles. The second-order valence-electron chi connectivity index (χ2n) is 7.77. The third-order valence-corrected chi connectivity index (χ3v) is 5.43. The number of amides is 1. The minimum atomic E-state index is -0.434. The average Bonchev–Trinajstić information content (AvgIpc) is 3.10. The van der Waals surface area contributed by atoms with Crippen LogP contribution in [0.4, 0.5) is 10.1 Å². The van der Waals surface area contributed by atoms with Crippen molar-refractivity contribution in [3.05, 3.63) is 63.5 Å². The highest BCUT2D eigenvalue weighted by Crippen LogP contribution is 2.41. The minimum Gasteiger partial charge on any atom is -0.309 e. The highest BCUT2D eigenvalue weighted by Gasteiger charge is 2.41. The molecule has 2 aromatic heterocycles. The lowest BCUT2D eigenvalue weighted by Gasteiger charge is -2.19. The number of hydrogen-bond acceptors (Lipinski definition) is 3. The number of rotatable bonds is 3. The zero-order chi connectivity index (χ0) is 20.2. The number of benzene rings is 1. The van der Waals surface area contributed by atoms with Gasteiger partial charge < -0.3 is 4.90 Å². The maximum absolute atomic E-state index is 13.3. The number of carbonyl (C=O) groups excluding carboxylic acids is 1. The van der Waals surface area contributed by atoms with E-state index < -0.39 is 5.41 Å². The zero-order valence-corrected chi connectivity index (χ0v) is 16.6. The van der Waals surface area contributed by atoms with Crippen molar-refractivity contribution >= 4 is 28.8 Å². The van der Waals surface area contributed by atoms with Crippen LogP contribution in [0.3, 0.4) is 0 Å². The van der Waals surface area contributed by atoms with Gasteiger partial charge in [-0.25, -0.2) is 18.3 Å². The van der Waals surface area contributed by atoms with Gasteiger partial charge in [-0.15, -0.1) is 16.7 Å². The molecule has 1 amide bonds. The molecular formula is C20H20ClFN4O2. The molecule has 0 aliphatic carbocycles. The first-order valence-corrected chi connectivity index (χ1v) is 9.49. The number of nitrogens with zero attached hydrogens (tertiary/aromatic N) is 4. The Balaban J connectivity index is 1.98. The summed E-state index contributed by atoms with van der Waals surface area (Å²) in [4.78, 5) is 26.9. The van der Waals surface area contributed by atoms with Crippen molar-refractivity contribution in [1.82, 2.24) is 14.2 Å². The Labute approximate surface area is 166 Å². The topological polar surface area (TPSA) is 59.6 Å². The predicted octanol–water partition coefficient (Wildman–Crippen LogP) is 2.63. The van der Waals surface area contributed by atoms with E-state index in [1.807, 2.05) is 19.9 Å². The molecule has 8 heteroatoms. The summed E-state index contributed by atoms with van der Waals surface area (Å²) >= 11 is 5.82. The molecule has 0 saturated heterocycles. The maximum Gasteiger partial charge on any atom is 0.350 e. The number of aromatic nitrogens is 3. The normalized spacial score (nSPS) is 15.2. The monoisotopic (exact) mass is 402 g/mol. The van der Waals surface area contributed by atoms with E-state index in [4.69, 9.17) is 11.6 Å². The average molecular weight is 403 g/mol. The van der Waals surface area contributed by atoms with Gasteiger partial charge in [0.2, 0.25) is 5.91 Å². The fourth-order valence-electron chi connectivity index (χ4n) is 3.94. The van der Waals surface area contributed by atoms with E-state index >= 15 is 0 Å². The highest BCUT2D eigenvalue weighted by molar-refractivity contribution is 6.29. The van der Waals surface area contributed by atoms with Gasteiger partial charge in [-0.05, 0) is 23.8 Å². The lowest BCUT2D eigenvalue weighted by molar-refractivity contribution is -0.116. The molecule has 0 N–H and O–H groups in total. The minimum absolute atomic E-state index is 0.136. The molecular weight excluding hydrogens is 383 g/mol. The number of hydrogen-bond donors (Lipinski definition) is 0. The summed E-state index contributed by atoms with van der Waals surface area (Å²) in [5.74, 6) is -0.655. The molecule has 146 valence electrons. The number of aryl methyl sites for hydroxylation is 1. The van der Waals surface area contributed by atoms with Crippen molar-refractivity contribution in [3.8, 4) is 0 Å². The van der Waals surface area contributed by atoms with E-state index in [1.54, 1.807) is 28.5 Å². The van der Waals surface area contributed by atoms with Crippen molar-refractivity contribution in [2.24, 2.45) is 7.05 Å². The lowest BCUT2D eigenvalue weighted by atomic mass is 9.90. The Morgan fingerprint density at radius 3 is 2.61 bits per heavy atom. The van der Waals surface area contributed by atoms with E-state index in [2.05, 4.69) is 5.10 Å². The Hall–Kier alpha value is -2.67. The van der Waals surface area contributed by atoms with Crippen LogP contribution in [0.25, 0.3) is 5.65 Å². The summed E-state index contributed by atoms with van der Waals surface area (Å²) in [5.41, 5.74) is 2.94. The van der Waals surface area contributed by atoms with Crippen LogP contribution < -0.4 is 10.6 Å². The summed E-state index contributed by atoms with van der Waals surface area (Å²) in [6.07, 6.45) is 0.455. The number of anilines is 1. The van der Waals surface area contributed by atoms with Gasteiger partial charge in [0.05, 0.1) is 11.4 Å². The van der Waals surface area contributed by atoms with E-state index in [1.165, 1.54) is 16.8 Å². The van der Waals surface area contributed by atoms with Crippen LogP contribution in [0, 0.1) is 5.82 Å². The molecule has 0 atom stereocenters. The Bertz CT molecular complexity index is 1150. The summed E-state index contributed by atoms with van der Waals surface area (Å²) in [5, 5.41) is 4.42. The van der Waals surface area contributed by atoms with Gasteiger partial charge in [0, 0.05) is 31.0 Å². The van der Waals surface area contributed by atoms with E-state index in [0.29, 0.717) is 24.3 Å². The van der Waals surface area contributed by atoms with E-state index in [0.717, 1.165) is 16.8 Å². The molecule has 1 aliphatic rings. The molecule has 6 nitrogen and oxygen atoms in total. The summed E-state index contributed by atoms with van der Waals surface area (Å²) in [6.45, 7) is 4.42. The quantitative estimate of drug-likeness (QED) is 0.633. The number of fused-ring (bicyclic) bond motifs is 3. The standard InChI is InChI=1S/C20H20ClFN4O2/c1-20(2)11-25(16(27)10-21)15-9-13(8-12-4-6-14(22)7-5-12)18-23-24(3)19(28)26(18)17(15)20/h4-7,9H,8,10-11H2,1-3H3. The molecule has 1 aliphatic heterocycles. The maximum atomic E-state index is 13.3. The van der Waals surface area contributed by atoms with Crippen LogP contribution in [0.2, 0.25) is 0 Å². The van der Waals surface area contributed by atoms with Gasteiger partial charge in [-0.3, -0.25) is 4.79 Å². The largest absolute Gasteiger partial charge is 0.350 e. The molecule has 3 aromatic rings. The number of halogens is 2. The summed E-state index contributed by atoms with van der Waals surface area (Å²) in [7, 11) is 1.60. The lowest BCUT2D eigenvalue weighted by Crippen LogP contribution is -2.35. The van der Waals surface area contributed by atoms with Crippen molar-refractivity contribution < 1.29 is 9.18 Å². The van der Waals surface area contributed by atoms with Gasteiger partial charge in [-0.2, -0.15) is 0 Å². The number of pyridine rings is 1. The smallest absolute Gasteiger partial charge is 0.309 e. The van der Waals surface area contributed by atoms with Gasteiger partial charge in [0.1, 0.15) is 11.7 Å². The predicted molar refractivity (Wildman–Crippen MR) is 106 cm³/mol. The van der Waals surface area contributed by atoms with Crippen LogP contribution in [-0.4, -0.2) is 32.5 Å². The summed E-state index contributed by atoms with van der Waals surface area (Å²) < 4.78 is 16.2. The highest BCUT2D eigenvalue weighted by atomic mass is 35.5. The van der Waals surface area contributed by atoms with Crippen LogP contribution in [0.1, 0.15) is 30.7 Å². The van der Waals surface area contributed by atoms with Gasteiger partial charge in [0.25, 0.3) is 0 Å². The van der Waals surface area contributed by atoms with Crippen molar-refractivity contribution in [2.75, 3.05) is 17.3 Å². The van der Waals surface area contributed by atoms with Crippen LogP contribution in [0.15, 0.2) is 35.1 Å². The van der Waals surface area contributed by atoms with Crippen LogP contribution >= 0.6 is 11.6 Å². The van der Waals surface area contributed by atoms with Crippen LogP contribution in [0.5, 0.6) is 0 Å². The molecule has 0 spiro atoms. The fourth-order valence-corrected chi connectivity index (χ4v) is 4.09. The number of alkyl halides is 1. The van der Waals surface area contributed by atoms with Crippen molar-refractivity contribution in [1.29, 1.82) is 0 Å². The first-order chi connectivity index (χ1) is 13.2. The third-order valence-electron chi connectivity index (χ3n) is 5.20. The Morgan fingerprint density at radius 1 is 1.29 bits per heavy atom. The molecule has 28 heavy (non-hydrogen) atoms. The second kappa shape index (κ2) is 6.44. The summed E-state index contributed by atoms with van der Waals surface area (Å²) in [6, 6.07) is 8.10. The molecule has 0 fully saturated rings. The molecule has 0 unspecified atom stereocenters. The third kappa shape index (κ3) is 2.81. The first kappa shape index (κ1) is 18.7. The van der Waals surface area contributed by atoms with Crippen LogP contribution in [-0.2, 0) is 23.7 Å². The van der Waals surface area contributed by atoms with Gasteiger partial charge in [0.15, 0.2) is 5.65 Å². The molecule has 0 radical (unpaired) electrons. The van der Waals surface area contributed by atoms with Crippen molar-refractivity contribution in [3.63, 3.8) is 0 Å². The van der Waals surface area contributed by atoms with Gasteiger partial charge in [-0.1, -0.05) is 26.0 Å². The number of carbonyl (C=O) groups is 1. The Morgan fingerprint density at radius 2 is 1.96 bits per heavy atom. The SMILES string of the molecule is Cn1nc2c(Cc3ccc(F)cc3)cc3c(n2c1=O)C(C)(C)CN3C(=O)CCl. The molecule has 3 heterocycles. The molecule has 0 bridgehead atoms. The van der Waals surface area contributed by atoms with Crippen molar-refractivity contribution in [2.45, 2.75) is 25.7 Å². The zero-order valence-electron chi connectivity index (χ0n) is 15.9. The fraction of sp³-hybridized carbons (Fsp3) is 0.350. The molecule has 4 rings (SSSR count). The second-order valence-corrected chi connectivity index (χ2v) is 8.04.